The largest absolute Gasteiger partial charge is 0.313 e. The molecule has 3 aromatic rings. The molecule has 1 aliphatic heterocycles. The van der Waals surface area contributed by atoms with Gasteiger partial charge in [0.25, 0.3) is 5.91 Å². The number of carbonyl (C=O) groups excluding carboxylic acids is 1. The summed E-state index contributed by atoms with van der Waals surface area (Å²) in [6.07, 6.45) is 7.47. The fourth-order valence-corrected chi connectivity index (χ4v) is 5.63. The van der Waals surface area contributed by atoms with Gasteiger partial charge in [-0.05, 0) is 74.5 Å². The first-order valence-electron chi connectivity index (χ1n) is 9.74. The molecule has 1 amide bonds. The van der Waals surface area contributed by atoms with Crippen molar-refractivity contribution in [2.75, 3.05) is 18.4 Å². The molecule has 0 aromatic carbocycles. The SMILES string of the molecule is Cc1sc(NC(=O)c2cccs2)c([C@@H](c2ccncc2)N2CCCCC2)c1C. The molecule has 6 heteroatoms. The Labute approximate surface area is 174 Å². The van der Waals surface area contributed by atoms with E-state index in [4.69, 9.17) is 0 Å². The number of rotatable bonds is 5. The standard InChI is InChI=1S/C22H25N3OS2/c1-15-16(2)28-22(24-21(26)18-7-6-14-27-18)19(15)20(17-8-10-23-11-9-17)25-12-4-3-5-13-25/h6-11,14,20H,3-5,12-13H2,1-2H3,(H,24,26)/t20-/m1/s1. The zero-order valence-electron chi connectivity index (χ0n) is 16.3. The van der Waals surface area contributed by atoms with E-state index in [-0.39, 0.29) is 11.9 Å². The molecule has 146 valence electrons. The normalized spacial score (nSPS) is 16.1. The number of thiophene rings is 2. The van der Waals surface area contributed by atoms with E-state index in [0.717, 1.165) is 23.0 Å². The summed E-state index contributed by atoms with van der Waals surface area (Å²) in [4.78, 5) is 21.5. The molecule has 0 saturated carbocycles. The molecular weight excluding hydrogens is 386 g/mol. The average Bonchev–Trinajstić information content (AvgIpc) is 3.35. The molecule has 1 atom stereocenters. The molecule has 0 unspecified atom stereocenters. The lowest BCUT2D eigenvalue weighted by Gasteiger charge is -2.35. The summed E-state index contributed by atoms with van der Waals surface area (Å²) in [6, 6.07) is 8.15. The van der Waals surface area contributed by atoms with Crippen molar-refractivity contribution in [3.8, 4) is 0 Å². The first-order chi connectivity index (χ1) is 13.6. The molecule has 1 N–H and O–H groups in total. The molecule has 0 spiro atoms. The van der Waals surface area contributed by atoms with Crippen molar-refractivity contribution in [1.29, 1.82) is 0 Å². The van der Waals surface area contributed by atoms with Crippen LogP contribution in [0.2, 0.25) is 0 Å². The number of anilines is 1. The highest BCUT2D eigenvalue weighted by molar-refractivity contribution is 7.17. The van der Waals surface area contributed by atoms with Crippen molar-refractivity contribution in [3.63, 3.8) is 0 Å². The Morgan fingerprint density at radius 3 is 2.57 bits per heavy atom. The van der Waals surface area contributed by atoms with Crippen LogP contribution in [0.4, 0.5) is 5.00 Å². The van der Waals surface area contributed by atoms with Gasteiger partial charge in [0.1, 0.15) is 5.00 Å². The van der Waals surface area contributed by atoms with Gasteiger partial charge in [-0.3, -0.25) is 14.7 Å². The van der Waals surface area contributed by atoms with Gasteiger partial charge in [0, 0.05) is 22.8 Å². The van der Waals surface area contributed by atoms with Crippen LogP contribution < -0.4 is 5.32 Å². The molecule has 4 rings (SSSR count). The zero-order chi connectivity index (χ0) is 19.5. The summed E-state index contributed by atoms with van der Waals surface area (Å²) in [5.41, 5.74) is 3.75. The summed E-state index contributed by atoms with van der Waals surface area (Å²) in [6.45, 7) is 6.49. The predicted octanol–water partition coefficient (Wildman–Crippen LogP) is 5.65. The van der Waals surface area contributed by atoms with Gasteiger partial charge in [0.15, 0.2) is 0 Å². The monoisotopic (exact) mass is 411 g/mol. The first kappa shape index (κ1) is 19.3. The number of nitrogens with one attached hydrogen (secondary N) is 1. The lowest BCUT2D eigenvalue weighted by Crippen LogP contribution is -2.35. The summed E-state index contributed by atoms with van der Waals surface area (Å²) >= 11 is 3.16. The van der Waals surface area contributed by atoms with Crippen LogP contribution in [0.3, 0.4) is 0 Å². The van der Waals surface area contributed by atoms with Crippen molar-refractivity contribution in [1.82, 2.24) is 9.88 Å². The molecule has 1 saturated heterocycles. The quantitative estimate of drug-likeness (QED) is 0.590. The van der Waals surface area contributed by atoms with Gasteiger partial charge >= 0.3 is 0 Å². The molecule has 1 aliphatic rings. The smallest absolute Gasteiger partial charge is 0.266 e. The van der Waals surface area contributed by atoms with Crippen molar-refractivity contribution in [2.45, 2.75) is 39.2 Å². The van der Waals surface area contributed by atoms with E-state index >= 15 is 0 Å². The second-order valence-corrected chi connectivity index (χ2v) is 9.41. The first-order valence-corrected chi connectivity index (χ1v) is 11.4. The number of amides is 1. The van der Waals surface area contributed by atoms with Crippen LogP contribution in [0.1, 0.15) is 56.5 Å². The molecule has 1 fully saturated rings. The number of piperidine rings is 1. The number of aromatic nitrogens is 1. The molecule has 0 radical (unpaired) electrons. The van der Waals surface area contributed by atoms with Crippen LogP contribution in [0, 0.1) is 13.8 Å². The van der Waals surface area contributed by atoms with E-state index in [2.05, 4.69) is 41.2 Å². The van der Waals surface area contributed by atoms with Crippen LogP contribution in [0.25, 0.3) is 0 Å². The van der Waals surface area contributed by atoms with Gasteiger partial charge in [0.2, 0.25) is 0 Å². The van der Waals surface area contributed by atoms with Gasteiger partial charge in [-0.15, -0.1) is 22.7 Å². The van der Waals surface area contributed by atoms with Crippen LogP contribution in [-0.2, 0) is 0 Å². The molecule has 28 heavy (non-hydrogen) atoms. The number of nitrogens with zero attached hydrogens (tertiary/aromatic N) is 2. The van der Waals surface area contributed by atoms with Crippen LogP contribution in [-0.4, -0.2) is 28.9 Å². The number of likely N-dealkylation sites (tertiary alicyclic amines) is 1. The topological polar surface area (TPSA) is 45.2 Å². The Bertz CT molecular complexity index is 928. The fraction of sp³-hybridized carbons (Fsp3) is 0.364. The van der Waals surface area contributed by atoms with Gasteiger partial charge in [-0.1, -0.05) is 12.5 Å². The Kier molecular flexibility index (Phi) is 5.90. The maximum atomic E-state index is 12.8. The minimum Gasteiger partial charge on any atom is -0.313 e. The summed E-state index contributed by atoms with van der Waals surface area (Å²) in [5, 5.41) is 6.12. The highest BCUT2D eigenvalue weighted by Gasteiger charge is 2.30. The molecule has 4 heterocycles. The summed E-state index contributed by atoms with van der Waals surface area (Å²) in [5.74, 6) is -0.0235. The number of carbonyl (C=O) groups is 1. The molecular formula is C22H25N3OS2. The van der Waals surface area contributed by atoms with Gasteiger partial charge in [0.05, 0.1) is 10.9 Å². The van der Waals surface area contributed by atoms with Crippen molar-refractivity contribution < 1.29 is 4.79 Å². The number of hydrogen-bond acceptors (Lipinski definition) is 5. The lowest BCUT2D eigenvalue weighted by molar-refractivity contribution is 0.103. The summed E-state index contributed by atoms with van der Waals surface area (Å²) in [7, 11) is 0. The van der Waals surface area contributed by atoms with E-state index in [0.29, 0.717) is 0 Å². The lowest BCUT2D eigenvalue weighted by atomic mass is 9.94. The van der Waals surface area contributed by atoms with Gasteiger partial charge < -0.3 is 5.32 Å². The third kappa shape index (κ3) is 3.90. The zero-order valence-corrected chi connectivity index (χ0v) is 17.9. The molecule has 0 aliphatic carbocycles. The van der Waals surface area contributed by atoms with Crippen LogP contribution in [0.5, 0.6) is 0 Å². The van der Waals surface area contributed by atoms with Crippen molar-refractivity contribution >= 4 is 33.6 Å². The Morgan fingerprint density at radius 2 is 1.89 bits per heavy atom. The third-order valence-corrected chi connectivity index (χ3v) is 7.46. The Balaban J connectivity index is 1.76. The second-order valence-electron chi connectivity index (χ2n) is 7.24. The number of aryl methyl sites for hydroxylation is 1. The van der Waals surface area contributed by atoms with Crippen LogP contribution >= 0.6 is 22.7 Å². The minimum absolute atomic E-state index is 0.0235. The Morgan fingerprint density at radius 1 is 1.14 bits per heavy atom. The maximum Gasteiger partial charge on any atom is 0.266 e. The highest BCUT2D eigenvalue weighted by Crippen LogP contribution is 2.43. The highest BCUT2D eigenvalue weighted by atomic mass is 32.1. The Hall–Kier alpha value is -2.02. The van der Waals surface area contributed by atoms with Gasteiger partial charge in [-0.25, -0.2) is 0 Å². The third-order valence-electron chi connectivity index (χ3n) is 5.45. The van der Waals surface area contributed by atoms with Crippen LogP contribution in [0.15, 0.2) is 42.0 Å². The van der Waals surface area contributed by atoms with E-state index in [1.54, 1.807) is 11.3 Å². The average molecular weight is 412 g/mol. The van der Waals surface area contributed by atoms with E-state index in [9.17, 15) is 4.79 Å². The minimum atomic E-state index is -0.0235. The van der Waals surface area contributed by atoms with E-state index in [1.165, 1.54) is 52.2 Å². The van der Waals surface area contributed by atoms with E-state index in [1.807, 2.05) is 29.9 Å². The van der Waals surface area contributed by atoms with Gasteiger partial charge in [-0.2, -0.15) is 0 Å². The molecule has 4 nitrogen and oxygen atoms in total. The van der Waals surface area contributed by atoms with Crippen molar-refractivity contribution in [3.05, 3.63) is 68.5 Å². The van der Waals surface area contributed by atoms with Crippen molar-refractivity contribution in [2.24, 2.45) is 0 Å². The second kappa shape index (κ2) is 8.55. The molecule has 3 aromatic heterocycles. The molecule has 0 bridgehead atoms. The van der Waals surface area contributed by atoms with E-state index < -0.39 is 0 Å². The fourth-order valence-electron chi connectivity index (χ4n) is 3.92. The number of pyridine rings is 1. The summed E-state index contributed by atoms with van der Waals surface area (Å²) < 4.78 is 0. The maximum absolute atomic E-state index is 12.8. The predicted molar refractivity (Wildman–Crippen MR) is 118 cm³/mol. The number of hydrogen-bond donors (Lipinski definition) is 1.